The summed E-state index contributed by atoms with van der Waals surface area (Å²) < 4.78 is 39.7. The maximum Gasteiger partial charge on any atom is 0.416 e. The van der Waals surface area contributed by atoms with Crippen molar-refractivity contribution in [2.45, 2.75) is 6.18 Å². The third-order valence-electron chi connectivity index (χ3n) is 4.42. The highest BCUT2D eigenvalue weighted by atomic mass is 35.5. The fourth-order valence-electron chi connectivity index (χ4n) is 2.98. The number of nitrogens with two attached hydrogens (primary N) is 1. The zero-order valence-electron chi connectivity index (χ0n) is 15.9. The van der Waals surface area contributed by atoms with Crippen LogP contribution in [0, 0.1) is 23.2 Å². The van der Waals surface area contributed by atoms with E-state index in [2.05, 4.69) is 16.8 Å². The van der Waals surface area contributed by atoms with Crippen molar-refractivity contribution in [3.8, 4) is 46.0 Å². The second kappa shape index (κ2) is 8.97. The van der Waals surface area contributed by atoms with Crippen molar-refractivity contribution in [1.82, 2.24) is 4.98 Å². The Morgan fingerprint density at radius 1 is 1.09 bits per heavy atom. The number of nitriles is 1. The topological polar surface area (TPSA) is 103 Å². The molecular formula is C22H12Cl2F3N3O2. The third kappa shape index (κ3) is 4.58. The van der Waals surface area contributed by atoms with Gasteiger partial charge in [0.2, 0.25) is 0 Å². The molecule has 162 valence electrons. The molecular weight excluding hydrogens is 466 g/mol. The third-order valence-corrected chi connectivity index (χ3v) is 4.97. The fourth-order valence-corrected chi connectivity index (χ4v) is 3.42. The van der Waals surface area contributed by atoms with Crippen molar-refractivity contribution < 1.29 is 18.3 Å². The molecule has 3 aromatic rings. The second-order valence-electron chi connectivity index (χ2n) is 6.46. The molecule has 0 aliphatic carbocycles. The van der Waals surface area contributed by atoms with Crippen molar-refractivity contribution >= 4 is 23.2 Å². The van der Waals surface area contributed by atoms with E-state index in [-0.39, 0.29) is 50.3 Å². The number of halogens is 5. The van der Waals surface area contributed by atoms with E-state index in [1.165, 1.54) is 18.2 Å². The molecule has 0 atom stereocenters. The lowest BCUT2D eigenvalue weighted by molar-refractivity contribution is -0.137. The first kappa shape index (κ1) is 23.2. The molecule has 5 nitrogen and oxygen atoms in total. The quantitative estimate of drug-likeness (QED) is 0.455. The summed E-state index contributed by atoms with van der Waals surface area (Å²) >= 11 is 12.2. The molecule has 1 aromatic heterocycles. The number of benzene rings is 2. The average Bonchev–Trinajstić information content (AvgIpc) is 2.73. The number of pyridine rings is 1. The average molecular weight is 478 g/mol. The highest BCUT2D eigenvalue weighted by molar-refractivity contribution is 6.33. The van der Waals surface area contributed by atoms with Crippen LogP contribution in [0.4, 0.5) is 13.2 Å². The number of hydrogen-bond donors (Lipinski definition) is 3. The summed E-state index contributed by atoms with van der Waals surface area (Å²) in [6, 6.07) is 8.21. The van der Waals surface area contributed by atoms with E-state index in [1.54, 1.807) is 6.07 Å². The van der Waals surface area contributed by atoms with E-state index >= 15 is 0 Å². The molecule has 0 bridgehead atoms. The minimum absolute atomic E-state index is 0.00623. The van der Waals surface area contributed by atoms with Gasteiger partial charge in [0.1, 0.15) is 17.4 Å². The van der Waals surface area contributed by atoms with Gasteiger partial charge in [-0.3, -0.25) is 4.79 Å². The smallest absolute Gasteiger partial charge is 0.416 e. The molecule has 0 unspecified atom stereocenters. The molecule has 32 heavy (non-hydrogen) atoms. The number of nitrogens with zero attached hydrogens (tertiary/aromatic N) is 1. The van der Waals surface area contributed by atoms with Gasteiger partial charge >= 0.3 is 6.18 Å². The highest BCUT2D eigenvalue weighted by Crippen LogP contribution is 2.39. The molecule has 0 saturated carbocycles. The SMILES string of the molecule is N#Cc1c(-c2cc(C(F)(F)F)ccc2Cl)cc(-c2cc(Cl)cc(C#CCN)c2O)[nH]c1=O. The van der Waals surface area contributed by atoms with Gasteiger partial charge in [-0.05, 0) is 36.4 Å². The summed E-state index contributed by atoms with van der Waals surface area (Å²) in [5.74, 6) is 4.87. The summed E-state index contributed by atoms with van der Waals surface area (Å²) in [5, 5.41) is 20.1. The van der Waals surface area contributed by atoms with Crippen molar-refractivity contribution in [3.05, 3.63) is 73.5 Å². The van der Waals surface area contributed by atoms with E-state index in [4.69, 9.17) is 28.9 Å². The summed E-state index contributed by atoms with van der Waals surface area (Å²) in [6.07, 6.45) is -4.67. The van der Waals surface area contributed by atoms with Gasteiger partial charge in [-0.25, -0.2) is 0 Å². The first-order valence-electron chi connectivity index (χ1n) is 8.83. The number of aromatic nitrogens is 1. The highest BCUT2D eigenvalue weighted by Gasteiger charge is 2.31. The van der Waals surface area contributed by atoms with Crippen LogP contribution in [-0.4, -0.2) is 16.6 Å². The number of rotatable bonds is 2. The maximum absolute atomic E-state index is 13.2. The molecule has 0 fully saturated rings. The molecule has 2 aromatic carbocycles. The van der Waals surface area contributed by atoms with Crippen LogP contribution in [0.5, 0.6) is 5.75 Å². The molecule has 0 radical (unpaired) electrons. The van der Waals surface area contributed by atoms with Crippen LogP contribution in [0.15, 0.2) is 41.2 Å². The molecule has 0 amide bonds. The summed E-state index contributed by atoms with van der Waals surface area (Å²) in [6.45, 7) is 0.0210. The lowest BCUT2D eigenvalue weighted by Crippen LogP contribution is -2.13. The van der Waals surface area contributed by atoms with Crippen LogP contribution in [0.25, 0.3) is 22.4 Å². The zero-order valence-corrected chi connectivity index (χ0v) is 17.5. The molecule has 10 heteroatoms. The number of phenolic OH excluding ortho intramolecular Hbond substituents is 1. The minimum Gasteiger partial charge on any atom is -0.506 e. The Morgan fingerprint density at radius 2 is 1.81 bits per heavy atom. The second-order valence-corrected chi connectivity index (χ2v) is 7.30. The van der Waals surface area contributed by atoms with Crippen molar-refractivity contribution in [2.24, 2.45) is 5.73 Å². The number of hydrogen-bond acceptors (Lipinski definition) is 4. The van der Waals surface area contributed by atoms with E-state index in [1.807, 2.05) is 0 Å². The lowest BCUT2D eigenvalue weighted by atomic mass is 9.96. The summed E-state index contributed by atoms with van der Waals surface area (Å²) in [4.78, 5) is 15.0. The van der Waals surface area contributed by atoms with Crippen molar-refractivity contribution in [1.29, 1.82) is 5.26 Å². The molecule has 1 heterocycles. The van der Waals surface area contributed by atoms with Crippen LogP contribution in [0.2, 0.25) is 10.0 Å². The molecule has 0 aliphatic heterocycles. The number of nitrogens with one attached hydrogen (secondary N) is 1. The molecule has 0 aliphatic rings. The van der Waals surface area contributed by atoms with Gasteiger partial charge in [-0.15, -0.1) is 0 Å². The fraction of sp³-hybridized carbons (Fsp3) is 0.0909. The van der Waals surface area contributed by atoms with Crippen molar-refractivity contribution in [2.75, 3.05) is 6.54 Å². The molecule has 4 N–H and O–H groups in total. The Morgan fingerprint density at radius 3 is 2.44 bits per heavy atom. The predicted octanol–water partition coefficient (Wildman–Crippen LogP) is 4.92. The Kier molecular flexibility index (Phi) is 6.52. The van der Waals surface area contributed by atoms with Gasteiger partial charge < -0.3 is 15.8 Å². The van der Waals surface area contributed by atoms with Crippen molar-refractivity contribution in [3.63, 3.8) is 0 Å². The van der Waals surface area contributed by atoms with Gasteiger partial charge in [-0.2, -0.15) is 18.4 Å². The zero-order chi connectivity index (χ0) is 23.6. The Hall–Kier alpha value is -3.43. The van der Waals surface area contributed by atoms with E-state index in [0.717, 1.165) is 18.2 Å². The number of alkyl halides is 3. The van der Waals surface area contributed by atoms with Crippen LogP contribution >= 0.6 is 23.2 Å². The van der Waals surface area contributed by atoms with Gasteiger partial charge in [0.05, 0.1) is 23.4 Å². The first-order valence-corrected chi connectivity index (χ1v) is 9.58. The van der Waals surface area contributed by atoms with Crippen LogP contribution < -0.4 is 11.3 Å². The minimum atomic E-state index is -4.67. The Bertz CT molecular complexity index is 1380. The Balaban J connectivity index is 2.33. The Labute approximate surface area is 189 Å². The normalized spacial score (nSPS) is 10.9. The maximum atomic E-state index is 13.2. The lowest BCUT2D eigenvalue weighted by Gasteiger charge is -2.14. The molecule has 3 rings (SSSR count). The summed E-state index contributed by atoms with van der Waals surface area (Å²) in [5.41, 5.74) is 2.86. The summed E-state index contributed by atoms with van der Waals surface area (Å²) in [7, 11) is 0. The van der Waals surface area contributed by atoms with Gasteiger partial charge in [0.15, 0.2) is 0 Å². The largest absolute Gasteiger partial charge is 0.506 e. The van der Waals surface area contributed by atoms with E-state index in [0.29, 0.717) is 0 Å². The number of aromatic amines is 1. The molecule has 0 spiro atoms. The van der Waals surface area contributed by atoms with Gasteiger partial charge in [0.25, 0.3) is 5.56 Å². The van der Waals surface area contributed by atoms with Gasteiger partial charge in [0, 0.05) is 26.7 Å². The van der Waals surface area contributed by atoms with E-state index < -0.39 is 22.9 Å². The monoisotopic (exact) mass is 477 g/mol. The first-order chi connectivity index (χ1) is 15.1. The van der Waals surface area contributed by atoms with Crippen LogP contribution in [0.1, 0.15) is 16.7 Å². The van der Waals surface area contributed by atoms with Crippen LogP contribution in [0.3, 0.4) is 0 Å². The molecule has 0 saturated heterocycles. The standard InChI is InChI=1S/C22H12Cl2F3N3O2/c23-13-6-11(2-1-5-28)20(31)16(8-13)19-9-14(17(10-29)21(32)30-19)15-7-12(22(25,26)27)3-4-18(15)24/h3-4,6-9,31H,5,28H2,(H,30,32). The van der Waals surface area contributed by atoms with Crippen LogP contribution in [-0.2, 0) is 6.18 Å². The number of H-pyrrole nitrogens is 1. The predicted molar refractivity (Wildman–Crippen MR) is 115 cm³/mol. The van der Waals surface area contributed by atoms with E-state index in [9.17, 15) is 28.3 Å². The number of aromatic hydroxyl groups is 1. The van der Waals surface area contributed by atoms with Gasteiger partial charge in [-0.1, -0.05) is 35.0 Å². The number of phenols is 1.